The number of carboxylic acids is 1. The molecule has 1 saturated carbocycles. The first-order valence-corrected chi connectivity index (χ1v) is 5.08. The fourth-order valence-corrected chi connectivity index (χ4v) is 1.69. The normalized spacial score (nSPS) is 15.0. The van der Waals surface area contributed by atoms with E-state index >= 15 is 0 Å². The van der Waals surface area contributed by atoms with Crippen molar-refractivity contribution >= 4 is 11.8 Å². The number of hydrogen-bond acceptors (Lipinski definition) is 3. The number of nitrogens with zero attached hydrogens (tertiary/aromatic N) is 2. The van der Waals surface area contributed by atoms with Crippen LogP contribution in [0.5, 0.6) is 0 Å². The van der Waals surface area contributed by atoms with Gasteiger partial charge in [0.2, 0.25) is 0 Å². The number of aryl methyl sites for hydroxylation is 1. The Balaban J connectivity index is 2.24. The molecule has 1 aliphatic rings. The van der Waals surface area contributed by atoms with E-state index in [1.165, 1.54) is 0 Å². The molecule has 0 unspecified atom stereocenters. The number of pyridine rings is 1. The molecule has 2 rings (SSSR count). The summed E-state index contributed by atoms with van der Waals surface area (Å²) in [6.07, 6.45) is 3.85. The molecule has 1 aromatic heterocycles. The highest BCUT2D eigenvalue weighted by Gasteiger charge is 2.31. The molecule has 0 amide bonds. The fourth-order valence-electron chi connectivity index (χ4n) is 1.69. The van der Waals surface area contributed by atoms with E-state index in [1.54, 1.807) is 6.20 Å². The predicted molar refractivity (Wildman–Crippen MR) is 57.0 cm³/mol. The van der Waals surface area contributed by atoms with E-state index in [1.807, 2.05) is 24.0 Å². The smallest absolute Gasteiger partial charge is 0.323 e. The molecule has 0 bridgehead atoms. The third-order valence-electron chi connectivity index (χ3n) is 2.55. The minimum Gasteiger partial charge on any atom is -0.480 e. The van der Waals surface area contributed by atoms with Gasteiger partial charge in [0.25, 0.3) is 0 Å². The maximum Gasteiger partial charge on any atom is 0.323 e. The fraction of sp³-hybridized carbons (Fsp3) is 0.455. The second-order valence-corrected chi connectivity index (χ2v) is 3.90. The number of aromatic nitrogens is 1. The van der Waals surface area contributed by atoms with Gasteiger partial charge in [0.1, 0.15) is 12.4 Å². The lowest BCUT2D eigenvalue weighted by Crippen LogP contribution is -2.32. The molecule has 1 aromatic rings. The average molecular weight is 206 g/mol. The molecule has 1 aliphatic carbocycles. The van der Waals surface area contributed by atoms with E-state index in [4.69, 9.17) is 5.11 Å². The van der Waals surface area contributed by atoms with Crippen LogP contribution in [0.15, 0.2) is 18.3 Å². The van der Waals surface area contributed by atoms with Gasteiger partial charge >= 0.3 is 5.97 Å². The SMILES string of the molecule is Cc1cccnc1N(CC(=O)O)C1CC1. The van der Waals surface area contributed by atoms with Gasteiger partial charge in [-0.1, -0.05) is 6.07 Å². The highest BCUT2D eigenvalue weighted by molar-refractivity contribution is 5.74. The zero-order valence-corrected chi connectivity index (χ0v) is 8.68. The van der Waals surface area contributed by atoms with E-state index in [-0.39, 0.29) is 6.54 Å². The number of aliphatic carboxylic acids is 1. The van der Waals surface area contributed by atoms with Gasteiger partial charge in [0.15, 0.2) is 0 Å². The Morgan fingerprint density at radius 1 is 1.67 bits per heavy atom. The van der Waals surface area contributed by atoms with Gasteiger partial charge in [-0.25, -0.2) is 4.98 Å². The summed E-state index contributed by atoms with van der Waals surface area (Å²) < 4.78 is 0. The first-order valence-electron chi connectivity index (χ1n) is 5.08. The molecule has 0 aromatic carbocycles. The third kappa shape index (κ3) is 2.26. The highest BCUT2D eigenvalue weighted by atomic mass is 16.4. The topological polar surface area (TPSA) is 53.4 Å². The van der Waals surface area contributed by atoms with Crippen molar-refractivity contribution in [1.29, 1.82) is 0 Å². The summed E-state index contributed by atoms with van der Waals surface area (Å²) in [6.45, 7) is 2.00. The van der Waals surface area contributed by atoms with Crippen LogP contribution < -0.4 is 4.90 Å². The molecule has 0 atom stereocenters. The molecule has 1 N–H and O–H groups in total. The van der Waals surface area contributed by atoms with Crippen LogP contribution in [-0.4, -0.2) is 28.6 Å². The predicted octanol–water partition coefficient (Wildman–Crippen LogP) is 1.44. The lowest BCUT2D eigenvalue weighted by molar-refractivity contribution is -0.135. The van der Waals surface area contributed by atoms with Gasteiger partial charge in [-0.15, -0.1) is 0 Å². The van der Waals surface area contributed by atoms with Gasteiger partial charge in [-0.05, 0) is 31.4 Å². The number of anilines is 1. The molecule has 1 fully saturated rings. The standard InChI is InChI=1S/C11H14N2O2/c1-8-3-2-6-12-11(8)13(7-10(14)15)9-4-5-9/h2-3,6,9H,4-5,7H2,1H3,(H,14,15). The Bertz CT molecular complexity index is 375. The minimum absolute atomic E-state index is 0.0442. The van der Waals surface area contributed by atoms with Gasteiger partial charge in [0.05, 0.1) is 0 Å². The lowest BCUT2D eigenvalue weighted by atomic mass is 10.2. The molecule has 80 valence electrons. The molecule has 0 spiro atoms. The summed E-state index contributed by atoms with van der Waals surface area (Å²) in [4.78, 5) is 16.9. The van der Waals surface area contributed by atoms with Gasteiger partial charge < -0.3 is 10.0 Å². The van der Waals surface area contributed by atoms with Crippen LogP contribution in [0.3, 0.4) is 0 Å². The number of carboxylic acid groups (broad SMARTS) is 1. The van der Waals surface area contributed by atoms with Crippen molar-refractivity contribution in [2.75, 3.05) is 11.4 Å². The van der Waals surface area contributed by atoms with Gasteiger partial charge in [0, 0.05) is 12.2 Å². The second kappa shape index (κ2) is 3.88. The lowest BCUT2D eigenvalue weighted by Gasteiger charge is -2.22. The monoisotopic (exact) mass is 206 g/mol. The molecular formula is C11H14N2O2. The van der Waals surface area contributed by atoms with Crippen LogP contribution in [0.4, 0.5) is 5.82 Å². The quantitative estimate of drug-likeness (QED) is 0.810. The molecule has 1 heterocycles. The van der Waals surface area contributed by atoms with Crippen LogP contribution >= 0.6 is 0 Å². The summed E-state index contributed by atoms with van der Waals surface area (Å²) in [6, 6.07) is 4.19. The van der Waals surface area contributed by atoms with E-state index in [0.717, 1.165) is 24.2 Å². The summed E-state index contributed by atoms with van der Waals surface area (Å²) in [5.74, 6) is 0.00866. The number of carbonyl (C=O) groups is 1. The highest BCUT2D eigenvalue weighted by Crippen LogP contribution is 2.31. The van der Waals surface area contributed by atoms with E-state index in [0.29, 0.717) is 6.04 Å². The second-order valence-electron chi connectivity index (χ2n) is 3.90. The van der Waals surface area contributed by atoms with Crippen molar-refractivity contribution < 1.29 is 9.90 Å². The van der Waals surface area contributed by atoms with Gasteiger partial charge in [-0.2, -0.15) is 0 Å². The minimum atomic E-state index is -0.799. The Labute approximate surface area is 88.6 Å². The van der Waals surface area contributed by atoms with Crippen molar-refractivity contribution in [2.45, 2.75) is 25.8 Å². The Hall–Kier alpha value is -1.58. The van der Waals surface area contributed by atoms with Crippen molar-refractivity contribution in [3.63, 3.8) is 0 Å². The largest absolute Gasteiger partial charge is 0.480 e. The zero-order valence-electron chi connectivity index (χ0n) is 8.68. The van der Waals surface area contributed by atoms with Crippen LogP contribution in [0.2, 0.25) is 0 Å². The van der Waals surface area contributed by atoms with Crippen LogP contribution in [0.25, 0.3) is 0 Å². The summed E-state index contributed by atoms with van der Waals surface area (Å²) in [7, 11) is 0. The zero-order chi connectivity index (χ0) is 10.8. The Kier molecular flexibility index (Phi) is 2.58. The summed E-state index contributed by atoms with van der Waals surface area (Å²) >= 11 is 0. The van der Waals surface area contributed by atoms with Crippen molar-refractivity contribution in [1.82, 2.24) is 4.98 Å². The maximum absolute atomic E-state index is 10.8. The molecular weight excluding hydrogens is 192 g/mol. The van der Waals surface area contributed by atoms with Crippen LogP contribution in [0.1, 0.15) is 18.4 Å². The number of rotatable bonds is 4. The average Bonchev–Trinajstić information content (AvgIpc) is 2.98. The first kappa shape index (κ1) is 9.96. The molecule has 0 radical (unpaired) electrons. The number of hydrogen-bond donors (Lipinski definition) is 1. The van der Waals surface area contributed by atoms with Crippen LogP contribution in [-0.2, 0) is 4.79 Å². The van der Waals surface area contributed by atoms with Crippen molar-refractivity contribution in [3.8, 4) is 0 Å². The Morgan fingerprint density at radius 3 is 2.93 bits per heavy atom. The summed E-state index contributed by atoms with van der Waals surface area (Å²) in [5.41, 5.74) is 1.03. The van der Waals surface area contributed by atoms with Crippen LogP contribution in [0, 0.1) is 6.92 Å². The molecule has 0 saturated heterocycles. The van der Waals surface area contributed by atoms with Crippen molar-refractivity contribution in [2.24, 2.45) is 0 Å². The van der Waals surface area contributed by atoms with Crippen molar-refractivity contribution in [3.05, 3.63) is 23.9 Å². The first-order chi connectivity index (χ1) is 7.18. The van der Waals surface area contributed by atoms with E-state index in [2.05, 4.69) is 4.98 Å². The van der Waals surface area contributed by atoms with E-state index in [9.17, 15) is 4.79 Å². The molecule has 4 nitrogen and oxygen atoms in total. The van der Waals surface area contributed by atoms with E-state index < -0.39 is 5.97 Å². The summed E-state index contributed by atoms with van der Waals surface area (Å²) in [5, 5.41) is 8.84. The van der Waals surface area contributed by atoms with Gasteiger partial charge in [-0.3, -0.25) is 4.79 Å². The molecule has 0 aliphatic heterocycles. The molecule has 4 heteroatoms. The Morgan fingerprint density at radius 2 is 2.40 bits per heavy atom. The molecule has 15 heavy (non-hydrogen) atoms. The third-order valence-corrected chi connectivity index (χ3v) is 2.55. The maximum atomic E-state index is 10.8.